The van der Waals surface area contributed by atoms with Crippen molar-refractivity contribution in [3.63, 3.8) is 0 Å². The molecule has 3 rings (SSSR count). The van der Waals surface area contributed by atoms with Gasteiger partial charge in [0.1, 0.15) is 18.2 Å². The fourth-order valence-corrected chi connectivity index (χ4v) is 3.36. The van der Waals surface area contributed by atoms with Crippen LogP contribution in [0.2, 0.25) is 0 Å². The Labute approximate surface area is 152 Å². The van der Waals surface area contributed by atoms with E-state index >= 15 is 0 Å². The smallest absolute Gasteiger partial charge is 0.272 e. The topological polar surface area (TPSA) is 73.2 Å². The summed E-state index contributed by atoms with van der Waals surface area (Å²) in [6.07, 6.45) is -1.67. The molecular weight excluding hydrogens is 364 g/mol. The minimum absolute atomic E-state index is 0.00449. The number of aromatic nitrogens is 2. The first kappa shape index (κ1) is 18.4. The molecule has 0 saturated heterocycles. The Kier molecular flexibility index (Phi) is 5.55. The number of benzene rings is 1. The summed E-state index contributed by atoms with van der Waals surface area (Å²) in [7, 11) is 0. The molecule has 0 bridgehead atoms. The van der Waals surface area contributed by atoms with E-state index in [0.29, 0.717) is 22.2 Å². The minimum Gasteiger partial charge on any atom is -0.488 e. The van der Waals surface area contributed by atoms with Crippen molar-refractivity contribution in [2.45, 2.75) is 31.3 Å². The number of hydrogen-bond donors (Lipinski definition) is 1. The van der Waals surface area contributed by atoms with Crippen LogP contribution in [0.4, 0.5) is 14.6 Å². The van der Waals surface area contributed by atoms with Crippen molar-refractivity contribution in [2.24, 2.45) is 0 Å². The summed E-state index contributed by atoms with van der Waals surface area (Å²) >= 11 is 1.41. The van der Waals surface area contributed by atoms with Crippen LogP contribution in [0.3, 0.4) is 0 Å². The van der Waals surface area contributed by atoms with E-state index in [-0.39, 0.29) is 23.6 Å². The third-order valence-corrected chi connectivity index (χ3v) is 4.79. The van der Waals surface area contributed by atoms with E-state index in [1.54, 1.807) is 12.1 Å². The first-order valence-corrected chi connectivity index (χ1v) is 9.08. The van der Waals surface area contributed by atoms with Gasteiger partial charge < -0.3 is 10.1 Å². The average Bonchev–Trinajstić information content (AvgIpc) is 2.99. The zero-order chi connectivity index (χ0) is 18.7. The van der Waals surface area contributed by atoms with Gasteiger partial charge in [0.15, 0.2) is 5.16 Å². The fourth-order valence-electron chi connectivity index (χ4n) is 2.50. The Hall–Kier alpha value is -2.42. The van der Waals surface area contributed by atoms with Gasteiger partial charge >= 0.3 is 0 Å². The number of anilines is 1. The van der Waals surface area contributed by atoms with Crippen LogP contribution < -0.4 is 15.6 Å². The van der Waals surface area contributed by atoms with E-state index in [1.807, 2.05) is 6.92 Å². The summed E-state index contributed by atoms with van der Waals surface area (Å²) in [5, 5.41) is 3.07. The molecule has 1 aromatic carbocycles. The number of carbonyl (C=O) groups excluding carboxylic acids is 1. The van der Waals surface area contributed by atoms with Gasteiger partial charge in [0.2, 0.25) is 5.91 Å². The third kappa shape index (κ3) is 3.87. The molecule has 1 aliphatic heterocycles. The Morgan fingerprint density at radius 1 is 1.31 bits per heavy atom. The Bertz CT molecular complexity index is 869. The van der Waals surface area contributed by atoms with Crippen LogP contribution in [-0.4, -0.2) is 34.2 Å². The summed E-state index contributed by atoms with van der Waals surface area (Å²) in [4.78, 5) is 28.9. The summed E-state index contributed by atoms with van der Waals surface area (Å²) in [5.41, 5.74) is 0.551. The van der Waals surface area contributed by atoms with Crippen molar-refractivity contribution in [3.05, 3.63) is 40.2 Å². The number of thioether (sulfide) groups is 1. The van der Waals surface area contributed by atoms with Gasteiger partial charge in [-0.1, -0.05) is 18.7 Å². The normalized spacial score (nSPS) is 13.0. The number of nitrogens with one attached hydrogen (secondary N) is 1. The SMILES string of the molecule is CCCSc1nc2c(c(=O)n1-c1ccc(OCC(F)F)cc1)CC(=O)N2. The number of hydrogen-bond acceptors (Lipinski definition) is 5. The molecule has 26 heavy (non-hydrogen) atoms. The molecule has 6 nitrogen and oxygen atoms in total. The molecular formula is C17H17F2N3O3S. The standard InChI is InChI=1S/C17H17F2N3O3S/c1-2-7-26-17-21-15-12(8-14(23)20-15)16(24)22(17)10-3-5-11(6-4-10)25-9-13(18)19/h3-6,13H,2,7-9H2,1H3,(H,20,23). The quantitative estimate of drug-likeness (QED) is 0.590. The van der Waals surface area contributed by atoms with E-state index in [4.69, 9.17) is 4.74 Å². The maximum atomic E-state index is 12.9. The number of alkyl halides is 2. The first-order chi connectivity index (χ1) is 12.5. The molecule has 0 saturated carbocycles. The fraction of sp³-hybridized carbons (Fsp3) is 0.353. The maximum absolute atomic E-state index is 12.9. The van der Waals surface area contributed by atoms with Crippen LogP contribution in [0.1, 0.15) is 18.9 Å². The summed E-state index contributed by atoms with van der Waals surface area (Å²) in [6.45, 7) is 1.32. The van der Waals surface area contributed by atoms with E-state index in [1.165, 1.54) is 28.5 Å². The lowest BCUT2D eigenvalue weighted by Crippen LogP contribution is -2.24. The summed E-state index contributed by atoms with van der Waals surface area (Å²) in [6, 6.07) is 6.26. The lowest BCUT2D eigenvalue weighted by Gasteiger charge is -2.14. The van der Waals surface area contributed by atoms with Crippen LogP contribution in [0.25, 0.3) is 5.69 Å². The van der Waals surface area contributed by atoms with Crippen LogP contribution in [0, 0.1) is 0 Å². The second kappa shape index (κ2) is 7.86. The molecule has 1 N–H and O–H groups in total. The molecule has 0 fully saturated rings. The Morgan fingerprint density at radius 3 is 2.69 bits per heavy atom. The van der Waals surface area contributed by atoms with Crippen LogP contribution >= 0.6 is 11.8 Å². The highest BCUT2D eigenvalue weighted by atomic mass is 32.2. The van der Waals surface area contributed by atoms with Crippen molar-refractivity contribution in [3.8, 4) is 11.4 Å². The van der Waals surface area contributed by atoms with Gasteiger partial charge in [-0.2, -0.15) is 0 Å². The predicted molar refractivity (Wildman–Crippen MR) is 94.7 cm³/mol. The lowest BCUT2D eigenvalue weighted by atomic mass is 10.2. The molecule has 0 radical (unpaired) electrons. The van der Waals surface area contributed by atoms with Crippen molar-refractivity contribution < 1.29 is 18.3 Å². The van der Waals surface area contributed by atoms with E-state index in [2.05, 4.69) is 10.3 Å². The number of ether oxygens (including phenoxy) is 1. The van der Waals surface area contributed by atoms with E-state index in [9.17, 15) is 18.4 Å². The largest absolute Gasteiger partial charge is 0.488 e. The molecule has 2 aromatic rings. The number of rotatable bonds is 7. The average molecular weight is 381 g/mol. The zero-order valence-electron chi connectivity index (χ0n) is 14.0. The lowest BCUT2D eigenvalue weighted by molar-refractivity contribution is -0.115. The number of carbonyl (C=O) groups is 1. The Balaban J connectivity index is 1.99. The van der Waals surface area contributed by atoms with Gasteiger partial charge in [-0.15, -0.1) is 0 Å². The van der Waals surface area contributed by atoms with Crippen molar-refractivity contribution >= 4 is 23.5 Å². The molecule has 0 aliphatic carbocycles. The molecule has 0 atom stereocenters. The second-order valence-corrected chi connectivity index (χ2v) is 6.69. The minimum atomic E-state index is -2.56. The van der Waals surface area contributed by atoms with Gasteiger partial charge in [-0.05, 0) is 30.7 Å². The summed E-state index contributed by atoms with van der Waals surface area (Å²) < 4.78 is 30.9. The molecule has 1 aromatic heterocycles. The number of halogens is 2. The molecule has 2 heterocycles. The highest BCUT2D eigenvalue weighted by Crippen LogP contribution is 2.26. The van der Waals surface area contributed by atoms with Gasteiger partial charge in [0.05, 0.1) is 17.7 Å². The highest BCUT2D eigenvalue weighted by Gasteiger charge is 2.26. The van der Waals surface area contributed by atoms with E-state index in [0.717, 1.165) is 12.2 Å². The van der Waals surface area contributed by atoms with Crippen LogP contribution in [-0.2, 0) is 11.2 Å². The molecule has 1 amide bonds. The van der Waals surface area contributed by atoms with Crippen LogP contribution in [0.15, 0.2) is 34.2 Å². The van der Waals surface area contributed by atoms with Crippen molar-refractivity contribution in [1.29, 1.82) is 0 Å². The van der Waals surface area contributed by atoms with Crippen molar-refractivity contribution in [1.82, 2.24) is 9.55 Å². The van der Waals surface area contributed by atoms with Gasteiger partial charge in [-0.3, -0.25) is 14.2 Å². The maximum Gasteiger partial charge on any atom is 0.272 e. The Morgan fingerprint density at radius 2 is 2.04 bits per heavy atom. The molecule has 1 aliphatic rings. The molecule has 0 spiro atoms. The van der Waals surface area contributed by atoms with Gasteiger partial charge in [0, 0.05) is 5.75 Å². The monoisotopic (exact) mass is 381 g/mol. The molecule has 138 valence electrons. The van der Waals surface area contributed by atoms with Crippen LogP contribution in [0.5, 0.6) is 5.75 Å². The zero-order valence-corrected chi connectivity index (χ0v) is 14.8. The predicted octanol–water partition coefficient (Wildman–Crippen LogP) is 2.87. The van der Waals surface area contributed by atoms with Gasteiger partial charge in [0.25, 0.3) is 12.0 Å². The third-order valence-electron chi connectivity index (χ3n) is 3.65. The first-order valence-electron chi connectivity index (χ1n) is 8.09. The number of amides is 1. The van der Waals surface area contributed by atoms with E-state index < -0.39 is 13.0 Å². The van der Waals surface area contributed by atoms with Crippen molar-refractivity contribution in [2.75, 3.05) is 17.7 Å². The summed E-state index contributed by atoms with van der Waals surface area (Å²) in [5.74, 6) is 1.10. The number of fused-ring (bicyclic) bond motifs is 1. The number of nitrogens with zero attached hydrogens (tertiary/aromatic N) is 2. The second-order valence-electron chi connectivity index (χ2n) is 5.63. The molecule has 0 unspecified atom stereocenters. The van der Waals surface area contributed by atoms with Gasteiger partial charge in [-0.25, -0.2) is 13.8 Å². The molecule has 9 heteroatoms. The highest BCUT2D eigenvalue weighted by molar-refractivity contribution is 7.99.